The molecule has 0 heterocycles. The fourth-order valence-electron chi connectivity index (χ4n) is 1.24. The Morgan fingerprint density at radius 3 is 2.71 bits per heavy atom. The number of hydrogen-bond acceptors (Lipinski definition) is 3. The number of nitrogens with one attached hydrogen (secondary N) is 1. The molecular weight excluding hydrogens is 306 g/mol. The number of anilines is 1. The Morgan fingerprint density at radius 1 is 1.41 bits per heavy atom. The van der Waals surface area contributed by atoms with Gasteiger partial charge in [-0.3, -0.25) is 4.72 Å². The molecule has 0 bridgehead atoms. The normalized spacial score (nSPS) is 11.2. The first-order valence-corrected chi connectivity index (χ1v) is 8.06. The Bertz CT molecular complexity index is 474. The SMILES string of the molecule is CCCOc1cc(C)ccc1NS(=O)(=O)CBr. The molecule has 0 aliphatic heterocycles. The van der Waals surface area contributed by atoms with Crippen LogP contribution in [-0.4, -0.2) is 19.7 Å². The largest absolute Gasteiger partial charge is 0.491 e. The summed E-state index contributed by atoms with van der Waals surface area (Å²) >= 11 is 2.93. The summed E-state index contributed by atoms with van der Waals surface area (Å²) < 4.78 is 30.8. The predicted octanol–water partition coefficient (Wildman–Crippen LogP) is 2.88. The summed E-state index contributed by atoms with van der Waals surface area (Å²) in [5.74, 6) is 0.566. The van der Waals surface area contributed by atoms with E-state index in [1.54, 1.807) is 6.07 Å². The fraction of sp³-hybridized carbons (Fsp3) is 0.455. The van der Waals surface area contributed by atoms with Crippen molar-refractivity contribution in [3.05, 3.63) is 23.8 Å². The van der Waals surface area contributed by atoms with Crippen LogP contribution in [0.1, 0.15) is 18.9 Å². The van der Waals surface area contributed by atoms with Crippen LogP contribution >= 0.6 is 15.9 Å². The van der Waals surface area contributed by atoms with Gasteiger partial charge in [0.25, 0.3) is 0 Å². The Kier molecular flexibility index (Phi) is 5.27. The average Bonchev–Trinajstić information content (AvgIpc) is 2.29. The van der Waals surface area contributed by atoms with Gasteiger partial charge in [-0.2, -0.15) is 0 Å². The number of alkyl halides is 1. The summed E-state index contributed by atoms with van der Waals surface area (Å²) in [6, 6.07) is 5.37. The van der Waals surface area contributed by atoms with Crippen LogP contribution < -0.4 is 9.46 Å². The van der Waals surface area contributed by atoms with E-state index in [1.165, 1.54) is 0 Å². The molecule has 4 nitrogen and oxygen atoms in total. The highest BCUT2D eigenvalue weighted by molar-refractivity contribution is 9.10. The Balaban J connectivity index is 2.97. The maximum atomic E-state index is 11.5. The molecule has 1 aromatic rings. The van der Waals surface area contributed by atoms with Crippen molar-refractivity contribution in [3.8, 4) is 5.75 Å². The molecule has 0 aliphatic carbocycles. The monoisotopic (exact) mass is 321 g/mol. The van der Waals surface area contributed by atoms with Crippen molar-refractivity contribution >= 4 is 31.6 Å². The number of aryl methyl sites for hydroxylation is 1. The van der Waals surface area contributed by atoms with Crippen molar-refractivity contribution in [1.29, 1.82) is 0 Å². The van der Waals surface area contributed by atoms with E-state index in [0.29, 0.717) is 18.0 Å². The van der Waals surface area contributed by atoms with Crippen LogP contribution in [0.2, 0.25) is 0 Å². The van der Waals surface area contributed by atoms with E-state index in [-0.39, 0.29) is 4.66 Å². The lowest BCUT2D eigenvalue weighted by Crippen LogP contribution is -2.14. The van der Waals surface area contributed by atoms with E-state index in [4.69, 9.17) is 4.74 Å². The van der Waals surface area contributed by atoms with Crippen LogP contribution in [0.3, 0.4) is 0 Å². The second-order valence-electron chi connectivity index (χ2n) is 3.67. The topological polar surface area (TPSA) is 55.4 Å². The predicted molar refractivity (Wildman–Crippen MR) is 73.3 cm³/mol. The molecule has 0 aliphatic rings. The lowest BCUT2D eigenvalue weighted by Gasteiger charge is -2.13. The summed E-state index contributed by atoms with van der Waals surface area (Å²) in [6.45, 7) is 4.49. The van der Waals surface area contributed by atoms with Crippen molar-refractivity contribution < 1.29 is 13.2 Å². The molecule has 0 saturated carbocycles. The summed E-state index contributed by atoms with van der Waals surface area (Å²) in [6.07, 6.45) is 0.874. The lowest BCUT2D eigenvalue weighted by atomic mass is 10.2. The molecule has 96 valence electrons. The first-order chi connectivity index (χ1) is 7.98. The summed E-state index contributed by atoms with van der Waals surface area (Å²) in [5.41, 5.74) is 1.50. The van der Waals surface area contributed by atoms with Crippen LogP contribution in [0.5, 0.6) is 5.75 Å². The number of hydrogen-bond donors (Lipinski definition) is 1. The van der Waals surface area contributed by atoms with E-state index in [0.717, 1.165) is 12.0 Å². The van der Waals surface area contributed by atoms with Gasteiger partial charge < -0.3 is 4.74 Å². The van der Waals surface area contributed by atoms with Gasteiger partial charge in [-0.15, -0.1) is 0 Å². The smallest absolute Gasteiger partial charge is 0.242 e. The molecule has 0 aromatic heterocycles. The maximum Gasteiger partial charge on any atom is 0.242 e. The Morgan fingerprint density at radius 2 is 2.12 bits per heavy atom. The zero-order valence-corrected chi connectivity index (χ0v) is 12.3. The molecule has 0 spiro atoms. The van der Waals surface area contributed by atoms with E-state index in [2.05, 4.69) is 20.7 Å². The van der Waals surface area contributed by atoms with Crippen molar-refractivity contribution in [2.75, 3.05) is 16.0 Å². The van der Waals surface area contributed by atoms with Crippen LogP contribution in [0.15, 0.2) is 18.2 Å². The van der Waals surface area contributed by atoms with Gasteiger partial charge in [-0.25, -0.2) is 8.42 Å². The minimum atomic E-state index is -3.35. The molecule has 0 fully saturated rings. The van der Waals surface area contributed by atoms with Gasteiger partial charge in [0.05, 0.1) is 12.3 Å². The van der Waals surface area contributed by atoms with Crippen molar-refractivity contribution in [1.82, 2.24) is 0 Å². The minimum absolute atomic E-state index is 0.138. The number of benzene rings is 1. The number of rotatable bonds is 6. The van der Waals surface area contributed by atoms with Gasteiger partial charge in [-0.05, 0) is 31.0 Å². The lowest BCUT2D eigenvalue weighted by molar-refractivity contribution is 0.319. The third kappa shape index (κ3) is 4.55. The second-order valence-corrected chi connectivity index (χ2v) is 6.70. The highest BCUT2D eigenvalue weighted by Gasteiger charge is 2.12. The first-order valence-electron chi connectivity index (χ1n) is 5.28. The fourth-order valence-corrected chi connectivity index (χ4v) is 2.14. The third-order valence-electron chi connectivity index (χ3n) is 2.01. The Hall–Kier alpha value is -0.750. The van der Waals surface area contributed by atoms with Gasteiger partial charge >= 0.3 is 0 Å². The Labute approximate surface area is 111 Å². The zero-order valence-electron chi connectivity index (χ0n) is 9.86. The molecule has 6 heteroatoms. The van der Waals surface area contributed by atoms with Crippen LogP contribution in [0, 0.1) is 6.92 Å². The van der Waals surface area contributed by atoms with Gasteiger partial charge in [0, 0.05) is 0 Å². The average molecular weight is 322 g/mol. The molecule has 1 N–H and O–H groups in total. The molecule has 0 amide bonds. The van der Waals surface area contributed by atoms with Gasteiger partial charge in [0.2, 0.25) is 10.0 Å². The van der Waals surface area contributed by atoms with Gasteiger partial charge in [0.1, 0.15) is 10.4 Å². The molecule has 0 unspecified atom stereocenters. The summed E-state index contributed by atoms with van der Waals surface area (Å²) in [4.78, 5) is 0. The second kappa shape index (κ2) is 6.26. The van der Waals surface area contributed by atoms with Crippen molar-refractivity contribution in [2.24, 2.45) is 0 Å². The molecular formula is C11H16BrNO3S. The van der Waals surface area contributed by atoms with Crippen molar-refractivity contribution in [3.63, 3.8) is 0 Å². The molecule has 17 heavy (non-hydrogen) atoms. The zero-order chi connectivity index (χ0) is 12.9. The summed E-state index contributed by atoms with van der Waals surface area (Å²) in [5, 5.41) is 0. The molecule has 1 aromatic carbocycles. The highest BCUT2D eigenvalue weighted by atomic mass is 79.9. The number of sulfonamides is 1. The molecule has 0 saturated heterocycles. The maximum absolute atomic E-state index is 11.5. The third-order valence-corrected chi connectivity index (χ3v) is 4.63. The first kappa shape index (κ1) is 14.3. The standard InChI is InChI=1S/C11H16BrNO3S/c1-3-6-16-11-7-9(2)4-5-10(11)13-17(14,15)8-12/h4-5,7,13H,3,6,8H2,1-2H3. The van der Waals surface area contributed by atoms with E-state index >= 15 is 0 Å². The molecule has 0 atom stereocenters. The minimum Gasteiger partial charge on any atom is -0.491 e. The quantitative estimate of drug-likeness (QED) is 0.820. The van der Waals surface area contributed by atoms with E-state index < -0.39 is 10.0 Å². The van der Waals surface area contributed by atoms with E-state index in [9.17, 15) is 8.42 Å². The number of halogens is 1. The van der Waals surface area contributed by atoms with Crippen LogP contribution in [0.4, 0.5) is 5.69 Å². The highest BCUT2D eigenvalue weighted by Crippen LogP contribution is 2.27. The van der Waals surface area contributed by atoms with Gasteiger partial charge in [-0.1, -0.05) is 28.9 Å². The van der Waals surface area contributed by atoms with E-state index in [1.807, 2.05) is 26.0 Å². The molecule has 0 radical (unpaired) electrons. The van der Waals surface area contributed by atoms with Crippen molar-refractivity contribution in [2.45, 2.75) is 20.3 Å². The van der Waals surface area contributed by atoms with Crippen LogP contribution in [0.25, 0.3) is 0 Å². The number of ether oxygens (including phenoxy) is 1. The molecule has 1 rings (SSSR count). The summed E-state index contributed by atoms with van der Waals surface area (Å²) in [7, 11) is -3.35. The van der Waals surface area contributed by atoms with Crippen LogP contribution in [-0.2, 0) is 10.0 Å². The van der Waals surface area contributed by atoms with Gasteiger partial charge in [0.15, 0.2) is 0 Å².